The molecule has 6 heteroatoms. The molecule has 5 nitrogen and oxygen atoms in total. The number of rotatable bonds is 4. The summed E-state index contributed by atoms with van der Waals surface area (Å²) in [7, 11) is 1.66. The Morgan fingerprint density at radius 3 is 2.64 bits per heavy atom. The molecule has 130 valence electrons. The lowest BCUT2D eigenvalue weighted by Gasteiger charge is -2.28. The maximum absolute atomic E-state index is 13.2. The van der Waals surface area contributed by atoms with Gasteiger partial charge in [0.2, 0.25) is 11.8 Å². The zero-order valence-electron chi connectivity index (χ0n) is 14.3. The van der Waals surface area contributed by atoms with Crippen molar-refractivity contribution in [3.8, 4) is 0 Å². The SMILES string of the molecule is Cc1cncc(N(Cc2ccc(F)cc2)C(=O)[C@H]2CCC(=O)N2C)c1. The topological polar surface area (TPSA) is 53.5 Å². The normalized spacial score (nSPS) is 17.0. The fourth-order valence-corrected chi connectivity index (χ4v) is 3.03. The fraction of sp³-hybridized carbons (Fsp3) is 0.316. The number of carbonyl (C=O) groups excluding carboxylic acids is 2. The lowest BCUT2D eigenvalue weighted by atomic mass is 10.1. The van der Waals surface area contributed by atoms with E-state index in [0.29, 0.717) is 25.1 Å². The van der Waals surface area contributed by atoms with Crippen LogP contribution in [-0.2, 0) is 16.1 Å². The number of likely N-dealkylation sites (tertiary alicyclic amines) is 1. The van der Waals surface area contributed by atoms with E-state index < -0.39 is 6.04 Å². The van der Waals surface area contributed by atoms with Crippen LogP contribution < -0.4 is 4.90 Å². The van der Waals surface area contributed by atoms with Crippen LogP contribution >= 0.6 is 0 Å². The van der Waals surface area contributed by atoms with Crippen molar-refractivity contribution in [3.05, 3.63) is 59.7 Å². The average molecular weight is 341 g/mol. The van der Waals surface area contributed by atoms with Gasteiger partial charge in [-0.05, 0) is 42.7 Å². The van der Waals surface area contributed by atoms with Crippen LogP contribution in [0.2, 0.25) is 0 Å². The lowest BCUT2D eigenvalue weighted by Crippen LogP contribution is -2.45. The summed E-state index contributed by atoms with van der Waals surface area (Å²) in [5, 5.41) is 0. The monoisotopic (exact) mass is 341 g/mol. The highest BCUT2D eigenvalue weighted by atomic mass is 19.1. The van der Waals surface area contributed by atoms with Crippen molar-refractivity contribution in [2.75, 3.05) is 11.9 Å². The van der Waals surface area contributed by atoms with Crippen molar-refractivity contribution in [2.24, 2.45) is 0 Å². The van der Waals surface area contributed by atoms with Gasteiger partial charge in [0.1, 0.15) is 11.9 Å². The van der Waals surface area contributed by atoms with E-state index in [1.165, 1.54) is 17.0 Å². The lowest BCUT2D eigenvalue weighted by molar-refractivity contribution is -0.132. The van der Waals surface area contributed by atoms with Crippen LogP contribution in [0.1, 0.15) is 24.0 Å². The Bertz CT molecular complexity index is 792. The largest absolute Gasteiger partial charge is 0.334 e. The average Bonchev–Trinajstić information content (AvgIpc) is 2.93. The van der Waals surface area contributed by atoms with Crippen molar-refractivity contribution < 1.29 is 14.0 Å². The van der Waals surface area contributed by atoms with Crippen LogP contribution in [0, 0.1) is 12.7 Å². The van der Waals surface area contributed by atoms with Gasteiger partial charge in [0.25, 0.3) is 0 Å². The number of hydrogen-bond acceptors (Lipinski definition) is 3. The molecule has 3 rings (SSSR count). The number of anilines is 1. The quantitative estimate of drug-likeness (QED) is 0.859. The Labute approximate surface area is 146 Å². The number of halogens is 1. The molecule has 1 aliphatic rings. The van der Waals surface area contributed by atoms with Gasteiger partial charge in [-0.3, -0.25) is 14.6 Å². The Kier molecular flexibility index (Phi) is 4.79. The molecule has 0 radical (unpaired) electrons. The van der Waals surface area contributed by atoms with E-state index in [1.807, 2.05) is 13.0 Å². The number of likely N-dealkylation sites (N-methyl/N-ethyl adjacent to an activating group) is 1. The van der Waals surface area contributed by atoms with Gasteiger partial charge >= 0.3 is 0 Å². The molecule has 0 saturated carbocycles. The highest BCUT2D eigenvalue weighted by molar-refractivity contribution is 6.00. The first kappa shape index (κ1) is 17.1. The summed E-state index contributed by atoms with van der Waals surface area (Å²) < 4.78 is 13.2. The standard InChI is InChI=1S/C19H20FN3O2/c1-13-9-16(11-21-10-13)23(12-14-3-5-15(20)6-4-14)19(25)17-7-8-18(24)22(17)2/h3-6,9-11,17H,7-8,12H2,1-2H3/t17-/m1/s1. The molecule has 0 unspecified atom stereocenters. The van der Waals surface area contributed by atoms with E-state index in [2.05, 4.69) is 4.98 Å². The molecule has 1 saturated heterocycles. The van der Waals surface area contributed by atoms with E-state index in [0.717, 1.165) is 11.1 Å². The molecule has 2 aromatic rings. The van der Waals surface area contributed by atoms with E-state index in [9.17, 15) is 14.0 Å². The Hall–Kier alpha value is -2.76. The Morgan fingerprint density at radius 2 is 2.04 bits per heavy atom. The van der Waals surface area contributed by atoms with Crippen molar-refractivity contribution in [2.45, 2.75) is 32.4 Å². The van der Waals surface area contributed by atoms with E-state index in [-0.39, 0.29) is 17.6 Å². The fourth-order valence-electron chi connectivity index (χ4n) is 3.03. The summed E-state index contributed by atoms with van der Waals surface area (Å²) in [6.07, 6.45) is 4.23. The van der Waals surface area contributed by atoms with Gasteiger partial charge in [0.05, 0.1) is 18.4 Å². The predicted molar refractivity (Wildman–Crippen MR) is 92.4 cm³/mol. The second-order valence-corrected chi connectivity index (χ2v) is 6.33. The van der Waals surface area contributed by atoms with Crippen LogP contribution in [0.5, 0.6) is 0 Å². The maximum atomic E-state index is 13.2. The van der Waals surface area contributed by atoms with Crippen LogP contribution in [0.25, 0.3) is 0 Å². The van der Waals surface area contributed by atoms with Gasteiger partial charge in [-0.25, -0.2) is 4.39 Å². The number of nitrogens with zero attached hydrogens (tertiary/aromatic N) is 3. The third-order valence-corrected chi connectivity index (χ3v) is 4.47. The molecule has 0 bridgehead atoms. The maximum Gasteiger partial charge on any atom is 0.250 e. The number of benzene rings is 1. The summed E-state index contributed by atoms with van der Waals surface area (Å²) in [6.45, 7) is 2.20. The third kappa shape index (κ3) is 3.68. The van der Waals surface area contributed by atoms with Crippen LogP contribution in [0.4, 0.5) is 10.1 Å². The number of amides is 2. The van der Waals surface area contributed by atoms with Gasteiger partial charge in [-0.1, -0.05) is 12.1 Å². The van der Waals surface area contributed by atoms with Crippen LogP contribution in [0.3, 0.4) is 0 Å². The second-order valence-electron chi connectivity index (χ2n) is 6.33. The van der Waals surface area contributed by atoms with Crippen LogP contribution in [0.15, 0.2) is 42.7 Å². The number of aromatic nitrogens is 1. The Morgan fingerprint density at radius 1 is 1.32 bits per heavy atom. The molecular formula is C19H20FN3O2. The van der Waals surface area contributed by atoms with Gasteiger partial charge in [0.15, 0.2) is 0 Å². The molecule has 1 aliphatic heterocycles. The van der Waals surface area contributed by atoms with Crippen LogP contribution in [-0.4, -0.2) is 34.8 Å². The number of pyridine rings is 1. The van der Waals surface area contributed by atoms with E-state index in [4.69, 9.17) is 0 Å². The highest BCUT2D eigenvalue weighted by Crippen LogP contribution is 2.24. The van der Waals surface area contributed by atoms with Gasteiger partial charge < -0.3 is 9.80 Å². The zero-order chi connectivity index (χ0) is 18.0. The first-order valence-corrected chi connectivity index (χ1v) is 8.19. The molecule has 0 aliphatic carbocycles. The summed E-state index contributed by atoms with van der Waals surface area (Å²) in [6, 6.07) is 7.46. The third-order valence-electron chi connectivity index (χ3n) is 4.47. The summed E-state index contributed by atoms with van der Waals surface area (Å²) >= 11 is 0. The molecule has 1 aromatic carbocycles. The summed E-state index contributed by atoms with van der Waals surface area (Å²) in [4.78, 5) is 32.2. The molecular weight excluding hydrogens is 321 g/mol. The molecule has 2 heterocycles. The smallest absolute Gasteiger partial charge is 0.250 e. The first-order chi connectivity index (χ1) is 12.0. The minimum atomic E-state index is -0.478. The van der Waals surface area contributed by atoms with Gasteiger partial charge in [-0.2, -0.15) is 0 Å². The minimum absolute atomic E-state index is 0.0255. The number of carbonyl (C=O) groups is 2. The van der Waals surface area contributed by atoms with Gasteiger partial charge in [-0.15, -0.1) is 0 Å². The van der Waals surface area contributed by atoms with Crippen molar-refractivity contribution in [3.63, 3.8) is 0 Å². The Balaban J connectivity index is 1.92. The molecule has 1 fully saturated rings. The van der Waals surface area contributed by atoms with Gasteiger partial charge in [0, 0.05) is 19.7 Å². The molecule has 25 heavy (non-hydrogen) atoms. The molecule has 0 N–H and O–H groups in total. The van der Waals surface area contributed by atoms with E-state index >= 15 is 0 Å². The summed E-state index contributed by atoms with van der Waals surface area (Å²) in [5.74, 6) is -0.493. The first-order valence-electron chi connectivity index (χ1n) is 8.19. The van der Waals surface area contributed by atoms with Crippen molar-refractivity contribution >= 4 is 17.5 Å². The summed E-state index contributed by atoms with van der Waals surface area (Å²) in [5.41, 5.74) is 2.41. The zero-order valence-corrected chi connectivity index (χ0v) is 14.3. The molecule has 0 spiro atoms. The second kappa shape index (κ2) is 7.01. The van der Waals surface area contributed by atoms with Crippen molar-refractivity contribution in [1.82, 2.24) is 9.88 Å². The number of aryl methyl sites for hydroxylation is 1. The highest BCUT2D eigenvalue weighted by Gasteiger charge is 2.36. The van der Waals surface area contributed by atoms with Crippen molar-refractivity contribution in [1.29, 1.82) is 0 Å². The number of hydrogen-bond donors (Lipinski definition) is 0. The molecule has 2 amide bonds. The van der Waals surface area contributed by atoms with E-state index in [1.54, 1.807) is 36.5 Å². The predicted octanol–water partition coefficient (Wildman–Crippen LogP) is 2.68. The molecule has 1 aromatic heterocycles. The minimum Gasteiger partial charge on any atom is -0.334 e. The molecule has 1 atom stereocenters.